The molecule has 3 aliphatic rings. The second-order valence-electron chi connectivity index (χ2n) is 8.86. The third-order valence-corrected chi connectivity index (χ3v) is 6.74. The number of hydrogen-bond donors (Lipinski definition) is 1. The lowest BCUT2D eigenvalue weighted by molar-refractivity contribution is 0.254. The fourth-order valence-corrected chi connectivity index (χ4v) is 4.84. The van der Waals surface area contributed by atoms with Crippen LogP contribution in [0.25, 0.3) is 10.9 Å². The molecule has 2 aliphatic carbocycles. The van der Waals surface area contributed by atoms with Crippen LogP contribution in [-0.4, -0.2) is 48.8 Å². The quantitative estimate of drug-likeness (QED) is 0.667. The molecule has 5 rings (SSSR count). The third kappa shape index (κ3) is 3.67. The fourth-order valence-electron chi connectivity index (χ4n) is 4.84. The van der Waals surface area contributed by atoms with Crippen LogP contribution in [0.1, 0.15) is 49.7 Å². The number of pyridine rings is 1. The van der Waals surface area contributed by atoms with E-state index >= 15 is 0 Å². The van der Waals surface area contributed by atoms with Crippen molar-refractivity contribution in [3.05, 3.63) is 23.3 Å². The first-order chi connectivity index (χ1) is 14.7. The maximum absolute atomic E-state index is 9.51. The molecule has 0 amide bonds. The maximum atomic E-state index is 9.51. The Labute approximate surface area is 178 Å². The van der Waals surface area contributed by atoms with Crippen molar-refractivity contribution in [3.63, 3.8) is 0 Å². The predicted octanol–water partition coefficient (Wildman–Crippen LogP) is 4.06. The van der Waals surface area contributed by atoms with E-state index in [0.29, 0.717) is 6.61 Å². The molecular formula is C24H30N4O2. The largest absolute Gasteiger partial charge is 0.493 e. The molecule has 0 radical (unpaired) electrons. The highest BCUT2D eigenvalue weighted by Gasteiger charge is 2.44. The number of aromatic nitrogens is 1. The average molecular weight is 407 g/mol. The molecule has 2 heterocycles. The van der Waals surface area contributed by atoms with Crippen LogP contribution in [-0.2, 0) is 12.8 Å². The lowest BCUT2D eigenvalue weighted by Gasteiger charge is -2.18. The van der Waals surface area contributed by atoms with Gasteiger partial charge in [0, 0.05) is 18.0 Å². The number of methoxy groups -OCH3 is 1. The summed E-state index contributed by atoms with van der Waals surface area (Å²) < 4.78 is 11.8. The number of anilines is 1. The molecule has 1 aromatic heterocycles. The number of rotatable bonds is 8. The van der Waals surface area contributed by atoms with Gasteiger partial charge < -0.3 is 19.7 Å². The Hall–Kier alpha value is -2.52. The van der Waals surface area contributed by atoms with E-state index in [-0.39, 0.29) is 0 Å². The summed E-state index contributed by atoms with van der Waals surface area (Å²) in [5, 5.41) is 14.1. The van der Waals surface area contributed by atoms with Gasteiger partial charge in [0.1, 0.15) is 11.4 Å². The van der Waals surface area contributed by atoms with Crippen molar-refractivity contribution in [3.8, 4) is 17.6 Å². The van der Waals surface area contributed by atoms with Crippen LogP contribution >= 0.6 is 0 Å². The van der Waals surface area contributed by atoms with E-state index in [9.17, 15) is 5.26 Å². The summed E-state index contributed by atoms with van der Waals surface area (Å²) in [5.74, 6) is 2.42. The molecule has 1 aliphatic heterocycles. The SMILES string of the molecule is COc1cc2c3c(c(NC4(C#N)CC4)nc2cc1OCCCN1CCCC1)CCC3. The first-order valence-electron chi connectivity index (χ1n) is 11.3. The third-order valence-electron chi connectivity index (χ3n) is 6.74. The van der Waals surface area contributed by atoms with Crippen LogP contribution in [0.2, 0.25) is 0 Å². The van der Waals surface area contributed by atoms with Crippen LogP contribution in [0.15, 0.2) is 12.1 Å². The van der Waals surface area contributed by atoms with Gasteiger partial charge in [0.2, 0.25) is 0 Å². The van der Waals surface area contributed by atoms with E-state index in [0.717, 1.165) is 73.3 Å². The number of nitrogens with one attached hydrogen (secondary N) is 1. The van der Waals surface area contributed by atoms with Gasteiger partial charge in [-0.1, -0.05) is 0 Å². The number of ether oxygens (including phenoxy) is 2. The number of aryl methyl sites for hydroxylation is 1. The summed E-state index contributed by atoms with van der Waals surface area (Å²) in [6.07, 6.45) is 8.62. The average Bonchev–Trinajstić information content (AvgIpc) is 3.15. The number of likely N-dealkylation sites (tertiary alicyclic amines) is 1. The highest BCUT2D eigenvalue weighted by atomic mass is 16.5. The van der Waals surface area contributed by atoms with Crippen LogP contribution in [0.5, 0.6) is 11.5 Å². The van der Waals surface area contributed by atoms with Crippen molar-refractivity contribution in [2.24, 2.45) is 0 Å². The zero-order valence-electron chi connectivity index (χ0n) is 17.8. The highest BCUT2D eigenvalue weighted by Crippen LogP contribution is 2.43. The number of nitrogens with zero attached hydrogens (tertiary/aromatic N) is 3. The standard InChI is InChI=1S/C24H30N4O2/c1-29-21-14-19-17-6-4-7-18(17)23(27-24(16-25)8-9-24)26-20(19)15-22(21)30-13-5-12-28-10-2-3-11-28/h14-15H,2-13H2,1H3,(H,26,27). The van der Waals surface area contributed by atoms with Crippen LogP contribution in [0.4, 0.5) is 5.82 Å². The second-order valence-corrected chi connectivity index (χ2v) is 8.86. The molecule has 2 aromatic rings. The van der Waals surface area contributed by atoms with Crippen LogP contribution in [0.3, 0.4) is 0 Å². The van der Waals surface area contributed by atoms with Crippen molar-refractivity contribution < 1.29 is 9.47 Å². The predicted molar refractivity (Wildman–Crippen MR) is 117 cm³/mol. The molecule has 6 nitrogen and oxygen atoms in total. The summed E-state index contributed by atoms with van der Waals surface area (Å²) in [6, 6.07) is 6.53. The lowest BCUT2D eigenvalue weighted by atomic mass is 10.0. The Morgan fingerprint density at radius 2 is 1.93 bits per heavy atom. The second kappa shape index (κ2) is 7.96. The number of hydrogen-bond acceptors (Lipinski definition) is 6. The van der Waals surface area contributed by atoms with E-state index < -0.39 is 5.54 Å². The minimum Gasteiger partial charge on any atom is -0.493 e. The molecule has 2 fully saturated rings. The molecule has 1 N–H and O–H groups in total. The first kappa shape index (κ1) is 19.4. The molecule has 0 bridgehead atoms. The zero-order valence-corrected chi connectivity index (χ0v) is 17.8. The Kier molecular flexibility index (Phi) is 5.16. The summed E-state index contributed by atoms with van der Waals surface area (Å²) in [7, 11) is 1.70. The maximum Gasteiger partial charge on any atom is 0.163 e. The Morgan fingerprint density at radius 3 is 2.67 bits per heavy atom. The number of fused-ring (bicyclic) bond motifs is 3. The monoisotopic (exact) mass is 406 g/mol. The Morgan fingerprint density at radius 1 is 1.13 bits per heavy atom. The Balaban J connectivity index is 1.40. The van der Waals surface area contributed by atoms with Crippen molar-refractivity contribution in [2.75, 3.05) is 38.7 Å². The molecule has 0 unspecified atom stereocenters. The molecule has 1 aromatic carbocycles. The van der Waals surface area contributed by atoms with Gasteiger partial charge in [-0.05, 0) is 81.6 Å². The molecule has 0 atom stereocenters. The summed E-state index contributed by atoms with van der Waals surface area (Å²) in [4.78, 5) is 7.45. The molecule has 30 heavy (non-hydrogen) atoms. The van der Waals surface area contributed by atoms with E-state index in [1.165, 1.54) is 37.1 Å². The van der Waals surface area contributed by atoms with Gasteiger partial charge >= 0.3 is 0 Å². The van der Waals surface area contributed by atoms with Crippen molar-refractivity contribution in [1.29, 1.82) is 5.26 Å². The van der Waals surface area contributed by atoms with Gasteiger partial charge in [0.05, 0.1) is 25.3 Å². The van der Waals surface area contributed by atoms with Crippen LogP contribution in [0, 0.1) is 11.3 Å². The van der Waals surface area contributed by atoms with Gasteiger partial charge in [-0.3, -0.25) is 0 Å². The smallest absolute Gasteiger partial charge is 0.163 e. The van der Waals surface area contributed by atoms with Gasteiger partial charge in [-0.25, -0.2) is 4.98 Å². The van der Waals surface area contributed by atoms with Crippen molar-refractivity contribution >= 4 is 16.7 Å². The molecule has 0 spiro atoms. The topological polar surface area (TPSA) is 70.4 Å². The van der Waals surface area contributed by atoms with Gasteiger partial charge in [-0.2, -0.15) is 5.26 Å². The molecule has 6 heteroatoms. The first-order valence-corrected chi connectivity index (χ1v) is 11.3. The molecule has 158 valence electrons. The van der Waals surface area contributed by atoms with Crippen molar-refractivity contribution in [2.45, 2.75) is 56.9 Å². The van der Waals surface area contributed by atoms with Gasteiger partial charge in [0.25, 0.3) is 0 Å². The van der Waals surface area contributed by atoms with E-state index in [1.807, 2.05) is 6.07 Å². The summed E-state index contributed by atoms with van der Waals surface area (Å²) in [5.41, 5.74) is 3.11. The summed E-state index contributed by atoms with van der Waals surface area (Å²) >= 11 is 0. The molecule has 1 saturated heterocycles. The van der Waals surface area contributed by atoms with Gasteiger partial charge in [0.15, 0.2) is 11.5 Å². The normalized spacial score (nSPS) is 19.5. The molecular weight excluding hydrogens is 376 g/mol. The lowest BCUT2D eigenvalue weighted by Crippen LogP contribution is -2.22. The number of benzene rings is 1. The fraction of sp³-hybridized carbons (Fsp3) is 0.583. The van der Waals surface area contributed by atoms with E-state index in [4.69, 9.17) is 14.5 Å². The van der Waals surface area contributed by atoms with E-state index in [2.05, 4.69) is 22.4 Å². The van der Waals surface area contributed by atoms with Crippen LogP contribution < -0.4 is 14.8 Å². The summed E-state index contributed by atoms with van der Waals surface area (Å²) in [6.45, 7) is 4.19. The number of nitriles is 1. The zero-order chi connectivity index (χ0) is 20.6. The molecule has 1 saturated carbocycles. The highest BCUT2D eigenvalue weighted by molar-refractivity contribution is 5.89. The Bertz CT molecular complexity index is 987. The minimum atomic E-state index is -0.418. The minimum absolute atomic E-state index is 0.418. The van der Waals surface area contributed by atoms with E-state index in [1.54, 1.807) is 7.11 Å². The van der Waals surface area contributed by atoms with Crippen molar-refractivity contribution in [1.82, 2.24) is 9.88 Å². The van der Waals surface area contributed by atoms with Gasteiger partial charge in [-0.15, -0.1) is 0 Å².